The van der Waals surface area contributed by atoms with E-state index in [9.17, 15) is 0 Å². The van der Waals surface area contributed by atoms with E-state index in [0.29, 0.717) is 18.4 Å². The predicted octanol–water partition coefficient (Wildman–Crippen LogP) is 4.62. The van der Waals surface area contributed by atoms with Crippen molar-refractivity contribution in [1.82, 2.24) is 4.90 Å². The highest BCUT2D eigenvalue weighted by Crippen LogP contribution is 2.21. The molecule has 0 saturated carbocycles. The molecular weight excluding hydrogens is 344 g/mol. The first kappa shape index (κ1) is 20.5. The Labute approximate surface area is 169 Å². The van der Waals surface area contributed by atoms with Crippen molar-refractivity contribution < 1.29 is 5.11 Å². The van der Waals surface area contributed by atoms with E-state index in [0.717, 1.165) is 25.2 Å². The van der Waals surface area contributed by atoms with Crippen molar-refractivity contribution in [2.24, 2.45) is 0 Å². The van der Waals surface area contributed by atoms with E-state index in [-0.39, 0.29) is 6.61 Å². The topological polar surface area (TPSA) is 35.5 Å². The summed E-state index contributed by atoms with van der Waals surface area (Å²) in [7, 11) is 0. The molecule has 1 aliphatic heterocycles. The smallest absolute Gasteiger partial charge is 0.0540 e. The molecule has 0 aromatic heterocycles. The zero-order chi connectivity index (χ0) is 19.8. The molecule has 0 spiro atoms. The first-order valence-electron chi connectivity index (χ1n) is 10.4. The zero-order valence-corrected chi connectivity index (χ0v) is 17.1. The highest BCUT2D eigenvalue weighted by molar-refractivity contribution is 5.46. The van der Waals surface area contributed by atoms with Gasteiger partial charge in [-0.3, -0.25) is 4.90 Å². The maximum Gasteiger partial charge on any atom is 0.0540 e. The van der Waals surface area contributed by atoms with Crippen LogP contribution in [0.15, 0.2) is 48.5 Å². The number of likely N-dealkylation sites (tertiary alicyclic amines) is 1. The van der Waals surface area contributed by atoms with Crippen molar-refractivity contribution in [3.63, 3.8) is 0 Å². The van der Waals surface area contributed by atoms with Crippen molar-refractivity contribution in [3.05, 3.63) is 65.2 Å². The molecule has 0 amide bonds. The molecule has 1 saturated heterocycles. The van der Waals surface area contributed by atoms with E-state index in [1.807, 2.05) is 0 Å². The Morgan fingerprint density at radius 3 is 2.54 bits per heavy atom. The molecule has 3 nitrogen and oxygen atoms in total. The van der Waals surface area contributed by atoms with Crippen LogP contribution in [-0.2, 0) is 6.54 Å². The van der Waals surface area contributed by atoms with Crippen LogP contribution in [-0.4, -0.2) is 35.7 Å². The standard InChI is InChI=1S/C25H32N2O/c1-20(2)23-12-14-24(15-13-23)26-25-7-5-16-27(19-25)18-22-10-8-21(9-11-22)6-3-4-17-28/h8-15,20,25-26,28H,4-5,7,16-19H2,1-2H3/t25-/m0/s1. The number of nitrogens with one attached hydrogen (secondary N) is 1. The van der Waals surface area contributed by atoms with Gasteiger partial charge in [0.1, 0.15) is 0 Å². The molecule has 0 aliphatic carbocycles. The summed E-state index contributed by atoms with van der Waals surface area (Å²) in [6.07, 6.45) is 2.98. The van der Waals surface area contributed by atoms with Crippen molar-refractivity contribution in [3.8, 4) is 11.8 Å². The average molecular weight is 377 g/mol. The first-order valence-corrected chi connectivity index (χ1v) is 10.4. The third-order valence-corrected chi connectivity index (χ3v) is 5.28. The fraction of sp³-hybridized carbons (Fsp3) is 0.440. The van der Waals surface area contributed by atoms with Crippen LogP contribution in [0.5, 0.6) is 0 Å². The third-order valence-electron chi connectivity index (χ3n) is 5.28. The summed E-state index contributed by atoms with van der Waals surface area (Å²) >= 11 is 0. The predicted molar refractivity (Wildman–Crippen MR) is 117 cm³/mol. The summed E-state index contributed by atoms with van der Waals surface area (Å²) in [6, 6.07) is 17.9. The number of hydrogen-bond donors (Lipinski definition) is 2. The van der Waals surface area contributed by atoms with Gasteiger partial charge in [-0.2, -0.15) is 0 Å². The molecule has 2 aromatic rings. The van der Waals surface area contributed by atoms with E-state index < -0.39 is 0 Å². The average Bonchev–Trinajstić information content (AvgIpc) is 2.70. The number of aliphatic hydroxyl groups excluding tert-OH is 1. The van der Waals surface area contributed by atoms with Gasteiger partial charge in [-0.1, -0.05) is 50.0 Å². The maximum atomic E-state index is 8.81. The molecule has 2 aromatic carbocycles. The van der Waals surface area contributed by atoms with Gasteiger partial charge in [-0.15, -0.1) is 0 Å². The van der Waals surface area contributed by atoms with Gasteiger partial charge in [-0.25, -0.2) is 0 Å². The van der Waals surface area contributed by atoms with Crippen LogP contribution < -0.4 is 5.32 Å². The Balaban J connectivity index is 1.52. The van der Waals surface area contributed by atoms with Crippen LogP contribution in [0.3, 0.4) is 0 Å². The molecule has 148 valence electrons. The van der Waals surface area contributed by atoms with Crippen LogP contribution in [0.2, 0.25) is 0 Å². The van der Waals surface area contributed by atoms with E-state index in [1.54, 1.807) is 0 Å². The summed E-state index contributed by atoms with van der Waals surface area (Å²) in [5, 5.41) is 12.5. The van der Waals surface area contributed by atoms with Gasteiger partial charge in [0.2, 0.25) is 0 Å². The van der Waals surface area contributed by atoms with E-state index in [1.165, 1.54) is 29.7 Å². The minimum Gasteiger partial charge on any atom is -0.395 e. The largest absolute Gasteiger partial charge is 0.395 e. The quantitative estimate of drug-likeness (QED) is 0.722. The van der Waals surface area contributed by atoms with Gasteiger partial charge < -0.3 is 10.4 Å². The second kappa shape index (κ2) is 10.3. The number of hydrogen-bond acceptors (Lipinski definition) is 3. The SMILES string of the molecule is CC(C)c1ccc(N[C@H]2CCCN(Cc3ccc(C#CCCO)cc3)C2)cc1. The number of anilines is 1. The summed E-state index contributed by atoms with van der Waals surface area (Å²) in [6.45, 7) is 7.80. The molecule has 0 bridgehead atoms. The highest BCUT2D eigenvalue weighted by atomic mass is 16.2. The molecule has 0 radical (unpaired) electrons. The van der Waals surface area contributed by atoms with Crippen LogP contribution >= 0.6 is 0 Å². The molecule has 2 N–H and O–H groups in total. The fourth-order valence-electron chi connectivity index (χ4n) is 3.69. The van der Waals surface area contributed by atoms with Crippen molar-refractivity contribution in [2.45, 2.75) is 51.6 Å². The third kappa shape index (κ3) is 6.12. The van der Waals surface area contributed by atoms with E-state index >= 15 is 0 Å². The van der Waals surface area contributed by atoms with Gasteiger partial charge in [0.25, 0.3) is 0 Å². The van der Waals surface area contributed by atoms with Gasteiger partial charge in [0.15, 0.2) is 0 Å². The Morgan fingerprint density at radius 1 is 1.11 bits per heavy atom. The van der Waals surface area contributed by atoms with Crippen LogP contribution in [0.25, 0.3) is 0 Å². The van der Waals surface area contributed by atoms with Crippen LogP contribution in [0.4, 0.5) is 5.69 Å². The summed E-state index contributed by atoms with van der Waals surface area (Å²) in [4.78, 5) is 2.54. The van der Waals surface area contributed by atoms with Crippen LogP contribution in [0.1, 0.15) is 55.7 Å². The minimum absolute atomic E-state index is 0.122. The van der Waals surface area contributed by atoms with Crippen LogP contribution in [0, 0.1) is 11.8 Å². The maximum absolute atomic E-state index is 8.81. The molecule has 1 fully saturated rings. The van der Waals surface area contributed by atoms with Gasteiger partial charge in [0.05, 0.1) is 6.61 Å². The number of piperidine rings is 1. The highest BCUT2D eigenvalue weighted by Gasteiger charge is 2.19. The van der Waals surface area contributed by atoms with Gasteiger partial charge in [0, 0.05) is 36.8 Å². The summed E-state index contributed by atoms with van der Waals surface area (Å²) in [5.74, 6) is 6.64. The monoisotopic (exact) mass is 376 g/mol. The molecule has 28 heavy (non-hydrogen) atoms. The Kier molecular flexibility index (Phi) is 7.54. The molecule has 1 heterocycles. The molecule has 1 aliphatic rings. The summed E-state index contributed by atoms with van der Waals surface area (Å²) < 4.78 is 0. The lowest BCUT2D eigenvalue weighted by Gasteiger charge is -2.33. The number of nitrogens with zero attached hydrogens (tertiary/aromatic N) is 1. The lowest BCUT2D eigenvalue weighted by atomic mass is 10.0. The lowest BCUT2D eigenvalue weighted by molar-refractivity contribution is 0.208. The molecule has 0 unspecified atom stereocenters. The van der Waals surface area contributed by atoms with Crippen molar-refractivity contribution in [2.75, 3.05) is 25.0 Å². The molecule has 1 atom stereocenters. The number of benzene rings is 2. The van der Waals surface area contributed by atoms with Crippen molar-refractivity contribution >= 4 is 5.69 Å². The van der Waals surface area contributed by atoms with Gasteiger partial charge >= 0.3 is 0 Å². The first-order chi connectivity index (χ1) is 13.6. The van der Waals surface area contributed by atoms with E-state index in [4.69, 9.17) is 5.11 Å². The Morgan fingerprint density at radius 2 is 1.86 bits per heavy atom. The molecule has 3 rings (SSSR count). The van der Waals surface area contributed by atoms with E-state index in [2.05, 4.69) is 84.4 Å². The number of aliphatic hydroxyl groups is 1. The Bertz CT molecular complexity index is 784. The summed E-state index contributed by atoms with van der Waals surface area (Å²) in [5.41, 5.74) is 4.96. The lowest BCUT2D eigenvalue weighted by Crippen LogP contribution is -2.41. The normalized spacial score (nSPS) is 17.2. The van der Waals surface area contributed by atoms with Gasteiger partial charge in [-0.05, 0) is 60.7 Å². The molecular formula is C25H32N2O. The minimum atomic E-state index is 0.122. The zero-order valence-electron chi connectivity index (χ0n) is 17.1. The second-order valence-corrected chi connectivity index (χ2v) is 7.97. The second-order valence-electron chi connectivity index (χ2n) is 7.97. The Hall–Kier alpha value is -2.28. The molecule has 3 heteroatoms. The fourth-order valence-corrected chi connectivity index (χ4v) is 3.69. The number of rotatable bonds is 6. The van der Waals surface area contributed by atoms with Crippen molar-refractivity contribution in [1.29, 1.82) is 0 Å².